The van der Waals surface area contributed by atoms with Crippen molar-refractivity contribution in [2.45, 2.75) is 44.6 Å². The molecule has 2 aliphatic heterocycles. The summed E-state index contributed by atoms with van der Waals surface area (Å²) < 4.78 is 16.6. The minimum atomic E-state index is -0.621. The number of fused-ring (bicyclic) bond motifs is 1. The SMILES string of the molecule is C=C1[C@H]2OC(C)(C)O[C@H]2O[C@@H]1CC=O. The molecule has 4 nitrogen and oxygen atoms in total. The molecular weight excluding hydrogens is 184 g/mol. The van der Waals surface area contributed by atoms with Crippen molar-refractivity contribution in [1.29, 1.82) is 0 Å². The Hall–Kier alpha value is -0.710. The molecule has 2 fully saturated rings. The van der Waals surface area contributed by atoms with E-state index in [9.17, 15) is 4.79 Å². The van der Waals surface area contributed by atoms with Crippen molar-refractivity contribution in [2.75, 3.05) is 0 Å². The Morgan fingerprint density at radius 3 is 2.79 bits per heavy atom. The zero-order valence-corrected chi connectivity index (χ0v) is 8.36. The average Bonchev–Trinajstić information content (AvgIpc) is 2.50. The van der Waals surface area contributed by atoms with Gasteiger partial charge in [0.2, 0.25) is 0 Å². The molecule has 2 heterocycles. The summed E-state index contributed by atoms with van der Waals surface area (Å²) in [5.74, 6) is -0.621. The largest absolute Gasteiger partial charge is 0.341 e. The van der Waals surface area contributed by atoms with Crippen LogP contribution in [0.3, 0.4) is 0 Å². The van der Waals surface area contributed by atoms with E-state index in [1.54, 1.807) is 0 Å². The standard InChI is InChI=1S/C10H14O4/c1-6-7(4-5-11)12-9-8(6)13-10(2,3)14-9/h5,7-9H,1,4H2,2-3H3/t7-,8-,9-/m1/s1. The van der Waals surface area contributed by atoms with Gasteiger partial charge in [0.25, 0.3) is 0 Å². The highest BCUT2D eigenvalue weighted by Gasteiger charge is 2.50. The van der Waals surface area contributed by atoms with Crippen LogP contribution in [0.2, 0.25) is 0 Å². The minimum Gasteiger partial charge on any atom is -0.341 e. The second-order valence-corrected chi connectivity index (χ2v) is 4.03. The number of rotatable bonds is 2. The van der Waals surface area contributed by atoms with Gasteiger partial charge in [-0.05, 0) is 19.4 Å². The number of aldehydes is 1. The molecule has 0 aliphatic carbocycles. The first-order chi connectivity index (χ1) is 6.53. The van der Waals surface area contributed by atoms with Crippen LogP contribution in [0, 0.1) is 0 Å². The van der Waals surface area contributed by atoms with E-state index < -0.39 is 12.1 Å². The van der Waals surface area contributed by atoms with E-state index in [0.29, 0.717) is 6.42 Å². The van der Waals surface area contributed by atoms with Crippen LogP contribution in [0.1, 0.15) is 20.3 Å². The maximum Gasteiger partial charge on any atom is 0.191 e. The Kier molecular flexibility index (Phi) is 2.21. The van der Waals surface area contributed by atoms with Crippen LogP contribution in [-0.4, -0.2) is 30.6 Å². The lowest BCUT2D eigenvalue weighted by molar-refractivity contribution is -0.199. The lowest BCUT2D eigenvalue weighted by Crippen LogP contribution is -2.25. The van der Waals surface area contributed by atoms with Crippen LogP contribution < -0.4 is 0 Å². The molecular formula is C10H14O4. The Balaban J connectivity index is 2.07. The molecule has 2 aliphatic rings. The predicted molar refractivity (Wildman–Crippen MR) is 48.5 cm³/mol. The van der Waals surface area contributed by atoms with E-state index in [2.05, 4.69) is 6.58 Å². The summed E-state index contributed by atoms with van der Waals surface area (Å²) in [4.78, 5) is 10.4. The monoisotopic (exact) mass is 198 g/mol. The zero-order valence-electron chi connectivity index (χ0n) is 8.36. The topological polar surface area (TPSA) is 44.8 Å². The summed E-state index contributed by atoms with van der Waals surface area (Å²) in [5.41, 5.74) is 0.799. The Morgan fingerprint density at radius 2 is 2.21 bits per heavy atom. The van der Waals surface area contributed by atoms with Crippen molar-refractivity contribution >= 4 is 6.29 Å². The van der Waals surface area contributed by atoms with E-state index in [0.717, 1.165) is 11.9 Å². The summed E-state index contributed by atoms with van der Waals surface area (Å²) in [5, 5.41) is 0. The normalized spacial score (nSPS) is 39.9. The molecule has 2 saturated heterocycles. The second kappa shape index (κ2) is 3.15. The van der Waals surface area contributed by atoms with Gasteiger partial charge < -0.3 is 19.0 Å². The molecule has 0 aromatic carbocycles. The molecule has 0 radical (unpaired) electrons. The third-order valence-corrected chi connectivity index (χ3v) is 2.45. The molecule has 14 heavy (non-hydrogen) atoms. The van der Waals surface area contributed by atoms with Crippen molar-refractivity contribution < 1.29 is 19.0 Å². The van der Waals surface area contributed by atoms with E-state index in [1.807, 2.05) is 13.8 Å². The molecule has 3 atom stereocenters. The van der Waals surface area contributed by atoms with Gasteiger partial charge in [0, 0.05) is 6.42 Å². The molecule has 0 saturated carbocycles. The first-order valence-corrected chi connectivity index (χ1v) is 4.67. The number of ether oxygens (including phenoxy) is 3. The lowest BCUT2D eigenvalue weighted by Gasteiger charge is -2.20. The van der Waals surface area contributed by atoms with Gasteiger partial charge in [-0.3, -0.25) is 0 Å². The number of carbonyl (C=O) groups is 1. The van der Waals surface area contributed by atoms with E-state index in [-0.39, 0.29) is 12.2 Å². The molecule has 78 valence electrons. The van der Waals surface area contributed by atoms with Crippen LogP contribution in [0.4, 0.5) is 0 Å². The van der Waals surface area contributed by atoms with E-state index >= 15 is 0 Å². The van der Waals surface area contributed by atoms with Crippen molar-refractivity contribution in [3.8, 4) is 0 Å². The predicted octanol–water partition coefficient (Wildman–Crippen LogP) is 1.01. The first kappa shape index (κ1) is 9.83. The molecule has 0 aromatic heterocycles. The molecule has 0 bridgehead atoms. The summed E-state index contributed by atoms with van der Waals surface area (Å²) in [6.45, 7) is 7.53. The van der Waals surface area contributed by atoms with Gasteiger partial charge in [-0.2, -0.15) is 0 Å². The van der Waals surface area contributed by atoms with Crippen molar-refractivity contribution in [3.05, 3.63) is 12.2 Å². The van der Waals surface area contributed by atoms with Gasteiger partial charge in [0.1, 0.15) is 12.4 Å². The molecule has 0 N–H and O–H groups in total. The van der Waals surface area contributed by atoms with Crippen molar-refractivity contribution in [3.63, 3.8) is 0 Å². The molecule has 2 rings (SSSR count). The lowest BCUT2D eigenvalue weighted by atomic mass is 10.1. The second-order valence-electron chi connectivity index (χ2n) is 4.03. The van der Waals surface area contributed by atoms with Crippen LogP contribution in [-0.2, 0) is 19.0 Å². The highest BCUT2D eigenvalue weighted by atomic mass is 16.8. The maximum atomic E-state index is 10.4. The van der Waals surface area contributed by atoms with Crippen LogP contribution in [0.25, 0.3) is 0 Å². The summed E-state index contributed by atoms with van der Waals surface area (Å²) in [6.07, 6.45) is 0.261. The van der Waals surface area contributed by atoms with E-state index in [4.69, 9.17) is 14.2 Å². The van der Waals surface area contributed by atoms with Gasteiger partial charge in [-0.25, -0.2) is 0 Å². The molecule has 0 unspecified atom stereocenters. The first-order valence-electron chi connectivity index (χ1n) is 4.67. The van der Waals surface area contributed by atoms with Gasteiger partial charge in [0.05, 0.1) is 6.10 Å². The van der Waals surface area contributed by atoms with E-state index in [1.165, 1.54) is 0 Å². The summed E-state index contributed by atoms with van der Waals surface area (Å²) in [6, 6.07) is 0. The number of hydrogen-bond donors (Lipinski definition) is 0. The Labute approximate surface area is 82.8 Å². The fourth-order valence-electron chi connectivity index (χ4n) is 1.81. The smallest absolute Gasteiger partial charge is 0.191 e. The van der Waals surface area contributed by atoms with Gasteiger partial charge in [-0.1, -0.05) is 6.58 Å². The minimum absolute atomic E-state index is 0.227. The maximum absolute atomic E-state index is 10.4. The van der Waals surface area contributed by atoms with Crippen molar-refractivity contribution in [2.24, 2.45) is 0 Å². The summed E-state index contributed by atoms with van der Waals surface area (Å²) in [7, 11) is 0. The van der Waals surface area contributed by atoms with Gasteiger partial charge in [-0.15, -0.1) is 0 Å². The number of carbonyl (C=O) groups excluding carboxylic acids is 1. The fraction of sp³-hybridized carbons (Fsp3) is 0.700. The Morgan fingerprint density at radius 1 is 1.50 bits per heavy atom. The Bertz CT molecular complexity index is 271. The van der Waals surface area contributed by atoms with Gasteiger partial charge in [0.15, 0.2) is 12.1 Å². The third kappa shape index (κ3) is 1.49. The average molecular weight is 198 g/mol. The van der Waals surface area contributed by atoms with Crippen LogP contribution >= 0.6 is 0 Å². The number of hydrogen-bond acceptors (Lipinski definition) is 4. The molecule has 0 spiro atoms. The van der Waals surface area contributed by atoms with Crippen LogP contribution in [0.5, 0.6) is 0 Å². The highest BCUT2D eigenvalue weighted by Crippen LogP contribution is 2.40. The summed E-state index contributed by atoms with van der Waals surface area (Å²) >= 11 is 0. The quantitative estimate of drug-likeness (QED) is 0.490. The fourth-order valence-corrected chi connectivity index (χ4v) is 1.81. The zero-order chi connectivity index (χ0) is 10.3. The van der Waals surface area contributed by atoms with Crippen LogP contribution in [0.15, 0.2) is 12.2 Å². The third-order valence-electron chi connectivity index (χ3n) is 2.45. The molecule has 0 amide bonds. The molecule has 0 aromatic rings. The van der Waals surface area contributed by atoms with Crippen molar-refractivity contribution in [1.82, 2.24) is 0 Å². The highest BCUT2D eigenvalue weighted by molar-refractivity contribution is 5.52. The van der Waals surface area contributed by atoms with Gasteiger partial charge >= 0.3 is 0 Å². The molecule has 4 heteroatoms.